The summed E-state index contributed by atoms with van der Waals surface area (Å²) in [6, 6.07) is 5.12. The quantitative estimate of drug-likeness (QED) is 0.903. The van der Waals surface area contributed by atoms with Gasteiger partial charge in [0.15, 0.2) is 0 Å². The van der Waals surface area contributed by atoms with Gasteiger partial charge in [-0.25, -0.2) is 4.39 Å². The maximum absolute atomic E-state index is 14.5. The highest BCUT2D eigenvalue weighted by Gasteiger charge is 2.46. The Morgan fingerprint density at radius 1 is 1.24 bits per heavy atom. The molecule has 1 aromatic carbocycles. The Hall–Kier alpha value is -0.490. The van der Waals surface area contributed by atoms with Crippen LogP contribution in [0.3, 0.4) is 0 Å². The first kappa shape index (κ1) is 15.4. The molecule has 1 atom stereocenters. The highest BCUT2D eigenvalue weighted by Crippen LogP contribution is 2.44. The van der Waals surface area contributed by atoms with Crippen LogP contribution in [0.15, 0.2) is 22.7 Å². The van der Waals surface area contributed by atoms with E-state index in [4.69, 9.17) is 10.5 Å². The van der Waals surface area contributed by atoms with Gasteiger partial charge in [0.05, 0.1) is 23.7 Å². The van der Waals surface area contributed by atoms with E-state index in [1.165, 1.54) is 12.8 Å². The minimum absolute atomic E-state index is 0.120. The first-order chi connectivity index (χ1) is 10.1. The Balaban J connectivity index is 1.94. The van der Waals surface area contributed by atoms with Crippen molar-refractivity contribution in [2.75, 3.05) is 26.3 Å². The third kappa shape index (κ3) is 2.77. The summed E-state index contributed by atoms with van der Waals surface area (Å²) in [5, 5.41) is 0. The molecule has 3 rings (SSSR count). The van der Waals surface area contributed by atoms with Gasteiger partial charge in [-0.05, 0) is 34.8 Å². The van der Waals surface area contributed by atoms with Crippen molar-refractivity contribution in [3.8, 4) is 0 Å². The molecule has 3 nitrogen and oxygen atoms in total. The molecular weight excluding hydrogens is 335 g/mol. The second kappa shape index (κ2) is 6.32. The van der Waals surface area contributed by atoms with Gasteiger partial charge in [0.2, 0.25) is 0 Å². The third-order valence-corrected chi connectivity index (χ3v) is 5.62. The van der Waals surface area contributed by atoms with Crippen LogP contribution < -0.4 is 5.73 Å². The number of hydrogen-bond donors (Lipinski definition) is 1. The fourth-order valence-electron chi connectivity index (χ4n) is 3.87. The van der Waals surface area contributed by atoms with Crippen molar-refractivity contribution >= 4 is 15.9 Å². The maximum atomic E-state index is 14.5. The Bertz CT molecular complexity index is 499. The summed E-state index contributed by atoms with van der Waals surface area (Å²) in [5.41, 5.74) is 7.10. The third-order valence-electron chi connectivity index (χ3n) is 5.01. The van der Waals surface area contributed by atoms with E-state index in [-0.39, 0.29) is 17.4 Å². The number of ether oxygens (including phenoxy) is 1. The number of nitrogens with two attached hydrogens (primary N) is 1. The molecule has 0 aromatic heterocycles. The molecule has 1 aliphatic heterocycles. The Kier molecular flexibility index (Phi) is 4.64. The predicted octanol–water partition coefficient (Wildman–Crippen LogP) is 3.23. The molecule has 1 unspecified atom stereocenters. The van der Waals surface area contributed by atoms with E-state index >= 15 is 0 Å². The second-order valence-corrected chi connectivity index (χ2v) is 6.89. The molecule has 5 heteroatoms. The lowest BCUT2D eigenvalue weighted by molar-refractivity contribution is -0.0315. The summed E-state index contributed by atoms with van der Waals surface area (Å²) < 4.78 is 20.4. The van der Waals surface area contributed by atoms with Crippen molar-refractivity contribution in [3.05, 3.63) is 34.1 Å². The molecule has 2 aliphatic rings. The van der Waals surface area contributed by atoms with Crippen LogP contribution in [0.1, 0.15) is 37.3 Å². The van der Waals surface area contributed by atoms with Crippen molar-refractivity contribution in [1.82, 2.24) is 4.90 Å². The molecular formula is C16H22BrFN2O. The van der Waals surface area contributed by atoms with E-state index in [0.717, 1.165) is 39.1 Å². The molecule has 116 valence electrons. The molecule has 1 heterocycles. The molecule has 0 amide bonds. The lowest BCUT2D eigenvalue weighted by Crippen LogP contribution is -2.57. The van der Waals surface area contributed by atoms with Gasteiger partial charge in [-0.15, -0.1) is 0 Å². The Morgan fingerprint density at radius 3 is 2.57 bits per heavy atom. The van der Waals surface area contributed by atoms with E-state index in [2.05, 4.69) is 20.8 Å². The van der Waals surface area contributed by atoms with E-state index < -0.39 is 0 Å². The Labute approximate surface area is 133 Å². The molecule has 1 saturated heterocycles. The summed E-state index contributed by atoms with van der Waals surface area (Å²) >= 11 is 3.27. The summed E-state index contributed by atoms with van der Waals surface area (Å²) in [6.07, 6.45) is 4.42. The van der Waals surface area contributed by atoms with Crippen LogP contribution in [-0.4, -0.2) is 36.7 Å². The zero-order valence-electron chi connectivity index (χ0n) is 12.2. The van der Waals surface area contributed by atoms with Gasteiger partial charge < -0.3 is 10.5 Å². The van der Waals surface area contributed by atoms with Gasteiger partial charge >= 0.3 is 0 Å². The largest absolute Gasteiger partial charge is 0.379 e. The molecule has 1 aromatic rings. The average Bonchev–Trinajstić information content (AvgIpc) is 3.01. The van der Waals surface area contributed by atoms with E-state index in [1.807, 2.05) is 12.1 Å². The minimum Gasteiger partial charge on any atom is -0.379 e. The van der Waals surface area contributed by atoms with Crippen molar-refractivity contribution in [2.24, 2.45) is 5.73 Å². The van der Waals surface area contributed by atoms with Crippen LogP contribution in [-0.2, 0) is 4.74 Å². The van der Waals surface area contributed by atoms with Crippen LogP contribution in [0.4, 0.5) is 4.39 Å². The van der Waals surface area contributed by atoms with Crippen molar-refractivity contribution < 1.29 is 9.13 Å². The Morgan fingerprint density at radius 2 is 1.90 bits per heavy atom. The molecule has 21 heavy (non-hydrogen) atoms. The topological polar surface area (TPSA) is 38.5 Å². The van der Waals surface area contributed by atoms with Gasteiger partial charge in [0, 0.05) is 24.2 Å². The first-order valence-corrected chi connectivity index (χ1v) is 8.47. The van der Waals surface area contributed by atoms with Gasteiger partial charge in [-0.3, -0.25) is 4.90 Å². The molecule has 0 radical (unpaired) electrons. The molecule has 1 saturated carbocycles. The average molecular weight is 357 g/mol. The van der Waals surface area contributed by atoms with Gasteiger partial charge in [0.1, 0.15) is 5.82 Å². The van der Waals surface area contributed by atoms with Crippen LogP contribution in [0.25, 0.3) is 0 Å². The second-order valence-electron chi connectivity index (χ2n) is 6.03. The summed E-state index contributed by atoms with van der Waals surface area (Å²) in [5.74, 6) is -0.218. The SMILES string of the molecule is NC(c1cccc(Br)c1F)C1(N2CCOCC2)CCCC1. The molecule has 0 bridgehead atoms. The lowest BCUT2D eigenvalue weighted by Gasteiger charge is -2.47. The minimum atomic E-state index is -0.296. The highest BCUT2D eigenvalue weighted by atomic mass is 79.9. The van der Waals surface area contributed by atoms with Crippen LogP contribution in [0, 0.1) is 5.82 Å². The summed E-state index contributed by atoms with van der Waals surface area (Å²) in [7, 11) is 0. The number of rotatable bonds is 3. The normalized spacial score (nSPS) is 24.1. The van der Waals surface area contributed by atoms with E-state index in [0.29, 0.717) is 10.0 Å². The fourth-order valence-corrected chi connectivity index (χ4v) is 4.25. The standard InChI is InChI=1S/C16H22BrFN2O/c17-13-5-3-4-12(14(13)18)15(19)16(6-1-2-7-16)20-8-10-21-11-9-20/h3-5,15H,1-2,6-11,19H2. The smallest absolute Gasteiger partial charge is 0.142 e. The van der Waals surface area contributed by atoms with Gasteiger partial charge in [-0.1, -0.05) is 25.0 Å². The number of benzene rings is 1. The van der Waals surface area contributed by atoms with Gasteiger partial charge in [-0.2, -0.15) is 0 Å². The highest BCUT2D eigenvalue weighted by molar-refractivity contribution is 9.10. The fraction of sp³-hybridized carbons (Fsp3) is 0.625. The van der Waals surface area contributed by atoms with E-state index in [9.17, 15) is 4.39 Å². The molecule has 2 N–H and O–H groups in total. The van der Waals surface area contributed by atoms with Crippen LogP contribution in [0.5, 0.6) is 0 Å². The maximum Gasteiger partial charge on any atom is 0.142 e. The van der Waals surface area contributed by atoms with Crippen molar-refractivity contribution in [1.29, 1.82) is 0 Å². The lowest BCUT2D eigenvalue weighted by atomic mass is 9.82. The number of morpholine rings is 1. The number of nitrogens with zero attached hydrogens (tertiary/aromatic N) is 1. The van der Waals surface area contributed by atoms with E-state index in [1.54, 1.807) is 6.07 Å². The van der Waals surface area contributed by atoms with Crippen LogP contribution in [0.2, 0.25) is 0 Å². The molecule has 1 aliphatic carbocycles. The number of hydrogen-bond acceptors (Lipinski definition) is 3. The van der Waals surface area contributed by atoms with Crippen molar-refractivity contribution in [3.63, 3.8) is 0 Å². The van der Waals surface area contributed by atoms with Crippen LogP contribution >= 0.6 is 15.9 Å². The number of halogens is 2. The molecule has 2 fully saturated rings. The first-order valence-electron chi connectivity index (χ1n) is 7.67. The monoisotopic (exact) mass is 356 g/mol. The zero-order chi connectivity index (χ0) is 14.9. The zero-order valence-corrected chi connectivity index (χ0v) is 13.7. The predicted molar refractivity (Wildman–Crippen MR) is 84.6 cm³/mol. The van der Waals surface area contributed by atoms with Gasteiger partial charge in [0.25, 0.3) is 0 Å². The summed E-state index contributed by atoms with van der Waals surface area (Å²) in [4.78, 5) is 2.44. The summed E-state index contributed by atoms with van der Waals surface area (Å²) in [6.45, 7) is 3.28. The molecule has 0 spiro atoms. The van der Waals surface area contributed by atoms with Crippen molar-refractivity contribution in [2.45, 2.75) is 37.3 Å².